The van der Waals surface area contributed by atoms with Gasteiger partial charge in [-0.2, -0.15) is 0 Å². The first kappa shape index (κ1) is 9.53. The second kappa shape index (κ2) is 5.33. The molecule has 0 saturated heterocycles. The lowest BCUT2D eigenvalue weighted by atomic mass is 10.3. The molecule has 53 valence electrons. The zero-order chi connectivity index (χ0) is 7.28. The Labute approximate surface area is 65.7 Å². The molecule has 0 heterocycles. The van der Waals surface area contributed by atoms with Crippen LogP contribution in [-0.4, -0.2) is 15.2 Å². The van der Waals surface area contributed by atoms with Gasteiger partial charge >= 0.3 is 0 Å². The average Bonchev–Trinajstić information content (AvgIpc) is 1.87. The van der Waals surface area contributed by atoms with Gasteiger partial charge < -0.3 is 0 Å². The average molecular weight is 141 g/mol. The first-order chi connectivity index (χ1) is 4.20. The van der Waals surface area contributed by atoms with Crippen LogP contribution in [0.4, 0.5) is 0 Å². The Morgan fingerprint density at radius 2 is 1.33 bits per heavy atom. The molecule has 0 rings (SSSR count). The van der Waals surface area contributed by atoms with E-state index < -0.39 is 0 Å². The van der Waals surface area contributed by atoms with E-state index in [9.17, 15) is 0 Å². The monoisotopic (exact) mass is 141 g/mol. The highest BCUT2D eigenvalue weighted by Crippen LogP contribution is 2.16. The molecule has 0 nitrogen and oxygen atoms in total. The third-order valence-corrected chi connectivity index (χ3v) is 4.20. The van der Waals surface area contributed by atoms with E-state index >= 15 is 0 Å². The van der Waals surface area contributed by atoms with Crippen LogP contribution in [0.5, 0.6) is 0 Å². The summed E-state index contributed by atoms with van der Waals surface area (Å²) in [6, 6.07) is 0. The van der Waals surface area contributed by atoms with Crippen LogP contribution in [0.3, 0.4) is 0 Å². The van der Waals surface area contributed by atoms with Gasteiger partial charge in [-0.25, -0.2) is 0 Å². The molecule has 9 heavy (non-hydrogen) atoms. The summed E-state index contributed by atoms with van der Waals surface area (Å²) in [6.07, 6.45) is 2.75. The van der Waals surface area contributed by atoms with Crippen LogP contribution in [0.25, 0.3) is 0 Å². The summed E-state index contributed by atoms with van der Waals surface area (Å²) >= 11 is 0.720. The Kier molecular flexibility index (Phi) is 5.64. The van der Waals surface area contributed by atoms with E-state index in [4.69, 9.17) is 0 Å². The summed E-state index contributed by atoms with van der Waals surface area (Å²) in [7, 11) is 0. The largest absolute Gasteiger partial charge is 0.209 e. The van der Waals surface area contributed by atoms with E-state index in [0.717, 1.165) is 24.8 Å². The van der Waals surface area contributed by atoms with Gasteiger partial charge in [-0.3, -0.25) is 0 Å². The Hall–Kier alpha value is 0.532. The van der Waals surface area contributed by atoms with Crippen LogP contribution in [-0.2, 0) is 0 Å². The molecule has 0 aliphatic carbocycles. The lowest BCUT2D eigenvalue weighted by Gasteiger charge is -2.10. The minimum Gasteiger partial charge on any atom is -0.0958 e. The molecule has 0 aromatic carbocycles. The maximum atomic E-state index is 2.38. The van der Waals surface area contributed by atoms with Gasteiger partial charge in [0.15, 0.2) is 0 Å². The topological polar surface area (TPSA) is 0 Å². The fourth-order valence-corrected chi connectivity index (χ4v) is 2.50. The first-order valence-electron chi connectivity index (χ1n) is 4.05. The van der Waals surface area contributed by atoms with E-state index in [-0.39, 0.29) is 0 Å². The van der Waals surface area contributed by atoms with Crippen molar-refractivity contribution in [3.63, 3.8) is 0 Å². The predicted molar refractivity (Wildman–Crippen MR) is 45.2 cm³/mol. The molecule has 0 aromatic heterocycles. The van der Waals surface area contributed by atoms with Gasteiger partial charge in [-0.15, -0.1) is 0 Å². The molecule has 0 bridgehead atoms. The fraction of sp³-hybridized carbons (Fsp3) is 1.00. The summed E-state index contributed by atoms with van der Waals surface area (Å²) < 4.78 is 2.03. The van der Waals surface area contributed by atoms with Crippen LogP contribution in [0.2, 0.25) is 9.56 Å². The quantitative estimate of drug-likeness (QED) is 0.528. The van der Waals surface area contributed by atoms with Gasteiger partial charge in [0.25, 0.3) is 0 Å². The zero-order valence-electron chi connectivity index (χ0n) is 7.15. The first-order valence-corrected chi connectivity index (χ1v) is 5.39. The number of hydrogen-bond acceptors (Lipinski definition) is 0. The fourth-order valence-electron chi connectivity index (χ4n) is 0.833. The molecular weight excluding hydrogens is 123 g/mol. The summed E-state index contributed by atoms with van der Waals surface area (Å²) in [5, 5.41) is 0. The van der Waals surface area contributed by atoms with Crippen molar-refractivity contribution in [1.82, 2.24) is 0 Å². The Bertz CT molecular complexity index is 53.6. The van der Waals surface area contributed by atoms with Crippen molar-refractivity contribution in [1.29, 1.82) is 0 Å². The Morgan fingerprint density at radius 1 is 1.00 bits per heavy atom. The molecule has 2 atom stereocenters. The summed E-state index contributed by atoms with van der Waals surface area (Å²) in [4.78, 5) is 0. The molecule has 0 N–H and O–H groups in total. The van der Waals surface area contributed by atoms with Gasteiger partial charge in [0.1, 0.15) is 0 Å². The number of rotatable bonds is 4. The van der Waals surface area contributed by atoms with Gasteiger partial charge in [0.05, 0.1) is 0 Å². The highest BCUT2D eigenvalue weighted by molar-refractivity contribution is 6.39. The maximum absolute atomic E-state index is 2.38. The molecule has 1 heteroatoms. The molecule has 1 radical (unpaired) electrons. The van der Waals surface area contributed by atoms with E-state index in [1.165, 1.54) is 12.8 Å². The van der Waals surface area contributed by atoms with Crippen LogP contribution in [0.1, 0.15) is 40.5 Å². The van der Waals surface area contributed by atoms with Crippen molar-refractivity contribution < 1.29 is 0 Å². The van der Waals surface area contributed by atoms with Gasteiger partial charge in [0.2, 0.25) is 15.2 Å². The predicted octanol–water partition coefficient (Wildman–Crippen LogP) is 3.13. The van der Waals surface area contributed by atoms with Crippen molar-refractivity contribution in [2.24, 2.45) is 0 Å². The minimum absolute atomic E-state index is 0.720. The lowest BCUT2D eigenvalue weighted by Crippen LogP contribution is -2.03. The third kappa shape index (κ3) is 5.00. The summed E-state index contributed by atoms with van der Waals surface area (Å²) in [5.74, 6) is 0. The number of hydrogen-bond donors (Lipinski definition) is 0. The van der Waals surface area contributed by atoms with E-state index in [2.05, 4.69) is 27.7 Å². The van der Waals surface area contributed by atoms with E-state index in [0.29, 0.717) is 0 Å². The van der Waals surface area contributed by atoms with Crippen LogP contribution >= 0.6 is 0 Å². The molecule has 0 aliphatic heterocycles. The minimum atomic E-state index is 0.720. The standard InChI is InChI=1S/2C4H9.Al/c2*1-3-4-2;/h2*3H,4H2,1-2H3;. The molecule has 0 saturated carbocycles. The van der Waals surface area contributed by atoms with Crippen molar-refractivity contribution in [3.05, 3.63) is 0 Å². The van der Waals surface area contributed by atoms with Crippen molar-refractivity contribution in [2.45, 2.75) is 50.1 Å². The van der Waals surface area contributed by atoms with Crippen molar-refractivity contribution in [2.75, 3.05) is 0 Å². The van der Waals surface area contributed by atoms with Gasteiger partial charge in [-0.1, -0.05) is 50.1 Å². The van der Waals surface area contributed by atoms with E-state index in [1.54, 1.807) is 0 Å². The van der Waals surface area contributed by atoms with Crippen molar-refractivity contribution >= 4 is 15.2 Å². The van der Waals surface area contributed by atoms with Crippen LogP contribution in [0.15, 0.2) is 0 Å². The molecule has 0 fully saturated rings. The smallest absolute Gasteiger partial charge is 0.0958 e. The molecule has 0 spiro atoms. The zero-order valence-corrected chi connectivity index (χ0v) is 8.30. The molecule has 0 aliphatic rings. The molecule has 2 unspecified atom stereocenters. The van der Waals surface area contributed by atoms with Crippen LogP contribution < -0.4 is 0 Å². The second-order valence-electron chi connectivity index (χ2n) is 2.96. The Morgan fingerprint density at radius 3 is 1.56 bits per heavy atom. The van der Waals surface area contributed by atoms with Crippen molar-refractivity contribution in [3.8, 4) is 0 Å². The summed E-state index contributed by atoms with van der Waals surface area (Å²) in [5.41, 5.74) is 0. The summed E-state index contributed by atoms with van der Waals surface area (Å²) in [6.45, 7) is 9.34. The maximum Gasteiger partial charge on any atom is 0.209 e. The molecule has 0 amide bonds. The SMILES string of the molecule is CC[CH](C)[Al][CH](C)CC. The van der Waals surface area contributed by atoms with Crippen LogP contribution in [0, 0.1) is 0 Å². The molecular formula is C8H18Al. The lowest BCUT2D eigenvalue weighted by molar-refractivity contribution is 0.803. The highest BCUT2D eigenvalue weighted by Gasteiger charge is 2.06. The van der Waals surface area contributed by atoms with Gasteiger partial charge in [-0.05, 0) is 0 Å². The van der Waals surface area contributed by atoms with E-state index in [1.807, 2.05) is 0 Å². The third-order valence-electron chi connectivity index (χ3n) is 1.94. The Balaban J connectivity index is 3.22. The second-order valence-corrected chi connectivity index (χ2v) is 5.62. The molecule has 0 aromatic rings. The van der Waals surface area contributed by atoms with Gasteiger partial charge in [0, 0.05) is 0 Å². The normalized spacial score (nSPS) is 16.9. The highest BCUT2D eigenvalue weighted by atomic mass is 27.1.